The van der Waals surface area contributed by atoms with Gasteiger partial charge in [-0.25, -0.2) is 4.79 Å². The molecule has 0 saturated carbocycles. The van der Waals surface area contributed by atoms with Crippen molar-refractivity contribution in [3.8, 4) is 0 Å². The minimum atomic E-state index is -1.03. The average Bonchev–Trinajstić information content (AvgIpc) is 2.60. The second kappa shape index (κ2) is 8.92. The summed E-state index contributed by atoms with van der Waals surface area (Å²) in [5.74, 6) is -0.945. The number of nitrogens with one attached hydrogen (secondary N) is 2. The molecule has 0 spiro atoms. The monoisotopic (exact) mass is 368 g/mol. The number of carbonyl (C=O) groups excluding carboxylic acids is 1. The predicted molar refractivity (Wildman–Crippen MR) is 107 cm³/mol. The topological polar surface area (TPSA) is 78.4 Å². The third-order valence-electron chi connectivity index (χ3n) is 3.63. The number of amides is 1. The molecule has 1 amide bonds. The highest BCUT2D eigenvalue weighted by atomic mass is 32.1. The van der Waals surface area contributed by atoms with Crippen molar-refractivity contribution < 1.29 is 14.7 Å². The van der Waals surface area contributed by atoms with Crippen molar-refractivity contribution in [2.24, 2.45) is 0 Å². The Balaban J connectivity index is 1.91. The quantitative estimate of drug-likeness (QED) is 0.548. The Morgan fingerprint density at radius 3 is 2.42 bits per heavy atom. The number of thiocarbonyl (C=S) groups is 1. The fraction of sp³-hybridized carbons (Fsp3) is 0.150. The number of hydrogen-bond donors (Lipinski definition) is 3. The van der Waals surface area contributed by atoms with Gasteiger partial charge in [-0.05, 0) is 53.5 Å². The molecule has 2 aromatic rings. The van der Waals surface area contributed by atoms with E-state index in [0.717, 1.165) is 5.56 Å². The molecule has 6 heteroatoms. The van der Waals surface area contributed by atoms with E-state index in [-0.39, 0.29) is 16.6 Å². The maximum absolute atomic E-state index is 11.9. The largest absolute Gasteiger partial charge is 0.478 e. The molecular weight excluding hydrogens is 348 g/mol. The predicted octanol–water partition coefficient (Wildman–Crippen LogP) is 4.03. The molecule has 0 saturated heterocycles. The number of rotatable bonds is 5. The molecule has 0 fully saturated rings. The number of aromatic carboxylic acids is 1. The molecule has 3 N–H and O–H groups in total. The minimum Gasteiger partial charge on any atom is -0.478 e. The van der Waals surface area contributed by atoms with E-state index in [4.69, 9.17) is 17.3 Å². The van der Waals surface area contributed by atoms with Crippen LogP contribution in [0.5, 0.6) is 0 Å². The lowest BCUT2D eigenvalue weighted by Crippen LogP contribution is -2.32. The van der Waals surface area contributed by atoms with Gasteiger partial charge in [-0.3, -0.25) is 10.1 Å². The van der Waals surface area contributed by atoms with E-state index < -0.39 is 5.97 Å². The summed E-state index contributed by atoms with van der Waals surface area (Å²) in [6.07, 6.45) is 3.10. The Kier molecular flexibility index (Phi) is 6.63. The third-order valence-corrected chi connectivity index (χ3v) is 3.84. The number of carbonyl (C=O) groups is 2. The van der Waals surface area contributed by atoms with Crippen LogP contribution in [0.1, 0.15) is 41.3 Å². The molecule has 0 bridgehead atoms. The normalized spacial score (nSPS) is 10.7. The van der Waals surface area contributed by atoms with Crippen molar-refractivity contribution in [1.82, 2.24) is 5.32 Å². The second-order valence-corrected chi connectivity index (χ2v) is 6.39. The van der Waals surface area contributed by atoms with Crippen molar-refractivity contribution >= 4 is 41.0 Å². The summed E-state index contributed by atoms with van der Waals surface area (Å²) in [5, 5.41) is 14.4. The maximum atomic E-state index is 11.9. The molecule has 0 aliphatic rings. The van der Waals surface area contributed by atoms with Crippen LogP contribution < -0.4 is 10.6 Å². The summed E-state index contributed by atoms with van der Waals surface area (Å²) >= 11 is 5.07. The van der Waals surface area contributed by atoms with E-state index in [2.05, 4.69) is 24.5 Å². The van der Waals surface area contributed by atoms with Crippen LogP contribution in [-0.2, 0) is 4.79 Å². The molecule has 5 nitrogen and oxygen atoms in total. The minimum absolute atomic E-state index is 0.0948. The van der Waals surface area contributed by atoms with Gasteiger partial charge in [0.15, 0.2) is 5.11 Å². The van der Waals surface area contributed by atoms with Gasteiger partial charge in [0.1, 0.15) is 0 Å². The SMILES string of the molecule is CC(C)c1ccc(C=CC(=O)NC(=S)Nc2cccc(C(=O)O)c2)cc1. The number of carboxylic acid groups (broad SMARTS) is 1. The number of anilines is 1. The molecule has 0 aromatic heterocycles. The van der Waals surface area contributed by atoms with E-state index in [1.807, 2.05) is 24.3 Å². The molecule has 0 unspecified atom stereocenters. The van der Waals surface area contributed by atoms with Crippen LogP contribution in [0, 0.1) is 0 Å². The standard InChI is InChI=1S/C20H20N2O3S/c1-13(2)15-9-6-14(7-10-15)8-11-18(23)22-20(26)21-17-5-3-4-16(12-17)19(24)25/h3-13H,1-2H3,(H,24,25)(H2,21,22,23,26). The van der Waals surface area contributed by atoms with Crippen LogP contribution in [0.2, 0.25) is 0 Å². The second-order valence-electron chi connectivity index (χ2n) is 5.98. The fourth-order valence-corrected chi connectivity index (χ4v) is 2.43. The van der Waals surface area contributed by atoms with Gasteiger partial charge >= 0.3 is 5.97 Å². The Hall–Kier alpha value is -2.99. The molecule has 26 heavy (non-hydrogen) atoms. The van der Waals surface area contributed by atoms with Gasteiger partial charge in [-0.15, -0.1) is 0 Å². The lowest BCUT2D eigenvalue weighted by molar-refractivity contribution is -0.115. The van der Waals surface area contributed by atoms with E-state index >= 15 is 0 Å². The molecule has 134 valence electrons. The van der Waals surface area contributed by atoms with Crippen molar-refractivity contribution in [2.75, 3.05) is 5.32 Å². The smallest absolute Gasteiger partial charge is 0.335 e. The van der Waals surface area contributed by atoms with Gasteiger partial charge in [-0.2, -0.15) is 0 Å². The van der Waals surface area contributed by atoms with Gasteiger partial charge in [-0.1, -0.05) is 44.2 Å². The van der Waals surface area contributed by atoms with Gasteiger partial charge in [0.25, 0.3) is 0 Å². The summed E-state index contributed by atoms with van der Waals surface area (Å²) < 4.78 is 0. The third kappa shape index (κ3) is 5.82. The van der Waals surface area contributed by atoms with Gasteiger partial charge in [0, 0.05) is 11.8 Å². The average molecular weight is 368 g/mol. The van der Waals surface area contributed by atoms with E-state index in [0.29, 0.717) is 11.6 Å². The highest BCUT2D eigenvalue weighted by Crippen LogP contribution is 2.15. The molecule has 0 atom stereocenters. The lowest BCUT2D eigenvalue weighted by Gasteiger charge is -2.08. The molecular formula is C20H20N2O3S. The van der Waals surface area contributed by atoms with Crippen molar-refractivity contribution in [3.63, 3.8) is 0 Å². The number of hydrogen-bond acceptors (Lipinski definition) is 3. The molecule has 0 aliphatic heterocycles. The summed E-state index contributed by atoms with van der Waals surface area (Å²) in [7, 11) is 0. The Morgan fingerprint density at radius 2 is 1.81 bits per heavy atom. The zero-order valence-corrected chi connectivity index (χ0v) is 15.3. The summed E-state index contributed by atoms with van der Waals surface area (Å²) in [4.78, 5) is 22.9. The summed E-state index contributed by atoms with van der Waals surface area (Å²) in [5.41, 5.74) is 2.77. The number of carboxylic acids is 1. The van der Waals surface area contributed by atoms with Gasteiger partial charge in [0.2, 0.25) is 5.91 Å². The maximum Gasteiger partial charge on any atom is 0.335 e. The first-order chi connectivity index (χ1) is 12.3. The van der Waals surface area contributed by atoms with E-state index in [9.17, 15) is 9.59 Å². The first kappa shape index (κ1) is 19.3. The molecule has 0 radical (unpaired) electrons. The van der Waals surface area contributed by atoms with Gasteiger partial charge in [0.05, 0.1) is 5.56 Å². The first-order valence-corrected chi connectivity index (χ1v) is 8.49. The van der Waals surface area contributed by atoms with Crippen LogP contribution in [0.3, 0.4) is 0 Å². The van der Waals surface area contributed by atoms with Crippen LogP contribution in [0.25, 0.3) is 6.08 Å². The van der Waals surface area contributed by atoms with Crippen LogP contribution in [-0.4, -0.2) is 22.1 Å². The van der Waals surface area contributed by atoms with Gasteiger partial charge < -0.3 is 10.4 Å². The van der Waals surface area contributed by atoms with E-state index in [1.54, 1.807) is 18.2 Å². The summed E-state index contributed by atoms with van der Waals surface area (Å²) in [6.45, 7) is 4.25. The highest BCUT2D eigenvalue weighted by Gasteiger charge is 2.05. The summed E-state index contributed by atoms with van der Waals surface area (Å²) in [6, 6.07) is 14.1. The van der Waals surface area contributed by atoms with Crippen LogP contribution in [0.15, 0.2) is 54.6 Å². The van der Waals surface area contributed by atoms with Crippen molar-refractivity contribution in [2.45, 2.75) is 19.8 Å². The molecule has 0 heterocycles. The Morgan fingerprint density at radius 1 is 1.12 bits per heavy atom. The Bertz CT molecular complexity index is 842. The Labute approximate surface area is 157 Å². The van der Waals surface area contributed by atoms with E-state index in [1.165, 1.54) is 23.8 Å². The van der Waals surface area contributed by atoms with Crippen molar-refractivity contribution in [1.29, 1.82) is 0 Å². The highest BCUT2D eigenvalue weighted by molar-refractivity contribution is 7.80. The fourth-order valence-electron chi connectivity index (χ4n) is 2.21. The van der Waals surface area contributed by atoms with Crippen molar-refractivity contribution in [3.05, 3.63) is 71.3 Å². The zero-order chi connectivity index (χ0) is 19.1. The van der Waals surface area contributed by atoms with Crippen LogP contribution >= 0.6 is 12.2 Å². The number of benzene rings is 2. The molecule has 0 aliphatic carbocycles. The zero-order valence-electron chi connectivity index (χ0n) is 14.5. The molecule has 2 rings (SSSR count). The molecule has 2 aromatic carbocycles. The first-order valence-electron chi connectivity index (χ1n) is 8.08. The lowest BCUT2D eigenvalue weighted by atomic mass is 10.0. The van der Waals surface area contributed by atoms with Crippen LogP contribution in [0.4, 0.5) is 5.69 Å².